The number of ether oxygens (including phenoxy) is 2. The first-order valence-electron chi connectivity index (χ1n) is 10.1. The number of aliphatic imine (C=N–C) groups is 1. The summed E-state index contributed by atoms with van der Waals surface area (Å²) in [5.74, 6) is 1.55. The number of halogens is 1. The van der Waals surface area contributed by atoms with Gasteiger partial charge in [-0.2, -0.15) is 5.26 Å². The first-order valence-corrected chi connectivity index (χ1v) is 10.1. The first-order chi connectivity index (χ1) is 14.5. The Morgan fingerprint density at radius 2 is 1.83 bits per heavy atom. The van der Waals surface area contributed by atoms with Crippen LogP contribution in [0.2, 0.25) is 0 Å². The molecule has 1 atom stereocenters. The number of benzene rings is 2. The van der Waals surface area contributed by atoms with Crippen LogP contribution in [-0.4, -0.2) is 25.7 Å². The van der Waals surface area contributed by atoms with Gasteiger partial charge in [0.1, 0.15) is 5.82 Å². The number of nitrogens with one attached hydrogen (secondary N) is 2. The molecule has 0 saturated carbocycles. The van der Waals surface area contributed by atoms with E-state index in [4.69, 9.17) is 14.7 Å². The predicted octanol–water partition coefficient (Wildman–Crippen LogP) is 4.31. The summed E-state index contributed by atoms with van der Waals surface area (Å²) in [4.78, 5) is 4.49. The zero-order valence-corrected chi connectivity index (χ0v) is 18.0. The molecule has 0 aliphatic carbocycles. The van der Waals surface area contributed by atoms with Gasteiger partial charge in [0.15, 0.2) is 17.5 Å². The van der Waals surface area contributed by atoms with Gasteiger partial charge in [0.25, 0.3) is 0 Å². The Labute approximate surface area is 177 Å². The van der Waals surface area contributed by atoms with Gasteiger partial charge in [-0.25, -0.2) is 9.38 Å². The van der Waals surface area contributed by atoms with Gasteiger partial charge < -0.3 is 20.1 Å². The van der Waals surface area contributed by atoms with Crippen LogP contribution < -0.4 is 20.1 Å². The zero-order chi connectivity index (χ0) is 21.9. The molecule has 6 nitrogen and oxygen atoms in total. The van der Waals surface area contributed by atoms with Crippen molar-refractivity contribution in [3.63, 3.8) is 0 Å². The fraction of sp³-hybridized carbons (Fsp3) is 0.391. The number of nitriles is 1. The SMILES string of the molecule is CCNC(=NCc1ccc(C#N)cc1F)NC(C)c1ccc(OCC)c(OCC)c1. The van der Waals surface area contributed by atoms with Gasteiger partial charge in [-0.15, -0.1) is 0 Å². The Hall–Kier alpha value is -3.27. The third kappa shape index (κ3) is 6.38. The molecule has 0 aliphatic heterocycles. The fourth-order valence-corrected chi connectivity index (χ4v) is 2.85. The van der Waals surface area contributed by atoms with Crippen LogP contribution in [0.4, 0.5) is 4.39 Å². The lowest BCUT2D eigenvalue weighted by Gasteiger charge is -2.20. The molecule has 1 unspecified atom stereocenters. The van der Waals surface area contributed by atoms with E-state index in [1.807, 2.05) is 52.0 Å². The molecule has 2 aromatic rings. The molecule has 0 aromatic heterocycles. The molecule has 7 heteroatoms. The lowest BCUT2D eigenvalue weighted by atomic mass is 10.1. The summed E-state index contributed by atoms with van der Waals surface area (Å²) in [6.45, 7) is 9.79. The first kappa shape index (κ1) is 23.0. The average molecular weight is 413 g/mol. The Kier molecular flexibility index (Phi) is 8.95. The minimum absolute atomic E-state index is 0.0662. The van der Waals surface area contributed by atoms with E-state index in [1.165, 1.54) is 6.07 Å². The highest BCUT2D eigenvalue weighted by Gasteiger charge is 2.13. The summed E-state index contributed by atoms with van der Waals surface area (Å²) >= 11 is 0. The molecule has 0 fully saturated rings. The fourth-order valence-electron chi connectivity index (χ4n) is 2.85. The van der Waals surface area contributed by atoms with Crippen molar-refractivity contribution in [2.45, 2.75) is 40.3 Å². The van der Waals surface area contributed by atoms with Gasteiger partial charge in [-0.3, -0.25) is 0 Å². The number of rotatable bonds is 9. The maximum absolute atomic E-state index is 14.1. The van der Waals surface area contributed by atoms with Crippen molar-refractivity contribution in [1.82, 2.24) is 10.6 Å². The van der Waals surface area contributed by atoms with Gasteiger partial charge in [-0.1, -0.05) is 12.1 Å². The molecule has 30 heavy (non-hydrogen) atoms. The third-order valence-corrected chi connectivity index (χ3v) is 4.35. The quantitative estimate of drug-likeness (QED) is 0.474. The van der Waals surface area contributed by atoms with E-state index in [-0.39, 0.29) is 12.6 Å². The van der Waals surface area contributed by atoms with Crippen LogP contribution in [0.15, 0.2) is 41.4 Å². The molecule has 0 amide bonds. The van der Waals surface area contributed by atoms with Crippen molar-refractivity contribution in [2.24, 2.45) is 4.99 Å². The van der Waals surface area contributed by atoms with Crippen molar-refractivity contribution < 1.29 is 13.9 Å². The van der Waals surface area contributed by atoms with E-state index in [9.17, 15) is 4.39 Å². The van der Waals surface area contributed by atoms with Gasteiger partial charge in [0, 0.05) is 12.1 Å². The molecule has 160 valence electrons. The highest BCUT2D eigenvalue weighted by atomic mass is 19.1. The van der Waals surface area contributed by atoms with Crippen LogP contribution in [0.25, 0.3) is 0 Å². The maximum atomic E-state index is 14.1. The molecule has 2 rings (SSSR count). The zero-order valence-electron chi connectivity index (χ0n) is 18.0. The summed E-state index contributed by atoms with van der Waals surface area (Å²) < 4.78 is 25.5. The van der Waals surface area contributed by atoms with E-state index in [0.717, 1.165) is 5.56 Å². The van der Waals surface area contributed by atoms with Crippen LogP contribution >= 0.6 is 0 Å². The lowest BCUT2D eigenvalue weighted by molar-refractivity contribution is 0.287. The molecule has 0 radical (unpaired) electrons. The lowest BCUT2D eigenvalue weighted by Crippen LogP contribution is -2.38. The number of guanidine groups is 1. The number of hydrogen-bond donors (Lipinski definition) is 2. The molecule has 0 aliphatic rings. The van der Waals surface area contributed by atoms with E-state index in [1.54, 1.807) is 12.1 Å². The number of hydrogen-bond acceptors (Lipinski definition) is 4. The van der Waals surface area contributed by atoms with E-state index in [0.29, 0.717) is 48.3 Å². The standard InChI is InChI=1S/C23H29FN4O2/c1-5-26-23(27-15-19-9-8-17(14-25)12-20(19)24)28-16(4)18-10-11-21(29-6-2)22(13-18)30-7-3/h8-13,16H,5-7,15H2,1-4H3,(H2,26,27,28). The number of nitrogens with zero attached hydrogens (tertiary/aromatic N) is 2. The third-order valence-electron chi connectivity index (χ3n) is 4.35. The van der Waals surface area contributed by atoms with Crippen LogP contribution in [0.5, 0.6) is 11.5 Å². The molecule has 0 spiro atoms. The van der Waals surface area contributed by atoms with Crippen molar-refractivity contribution >= 4 is 5.96 Å². The van der Waals surface area contributed by atoms with Gasteiger partial charge >= 0.3 is 0 Å². The summed E-state index contributed by atoms with van der Waals surface area (Å²) in [6, 6.07) is 12.1. The van der Waals surface area contributed by atoms with Crippen molar-refractivity contribution in [2.75, 3.05) is 19.8 Å². The van der Waals surface area contributed by atoms with Crippen molar-refractivity contribution in [1.29, 1.82) is 5.26 Å². The van der Waals surface area contributed by atoms with Crippen LogP contribution in [0.3, 0.4) is 0 Å². The summed E-state index contributed by atoms with van der Waals surface area (Å²) in [6.07, 6.45) is 0. The molecule has 0 saturated heterocycles. The second kappa shape index (κ2) is 11.7. The minimum Gasteiger partial charge on any atom is -0.490 e. The molecule has 2 N–H and O–H groups in total. The normalized spacial score (nSPS) is 12.1. The molecule has 0 bridgehead atoms. The van der Waals surface area contributed by atoms with Crippen molar-refractivity contribution in [3.8, 4) is 17.6 Å². The summed E-state index contributed by atoms with van der Waals surface area (Å²) in [5.41, 5.74) is 1.73. The largest absolute Gasteiger partial charge is 0.490 e. The van der Waals surface area contributed by atoms with Crippen LogP contribution in [0.1, 0.15) is 50.4 Å². The Morgan fingerprint density at radius 1 is 1.10 bits per heavy atom. The van der Waals surface area contributed by atoms with Crippen molar-refractivity contribution in [3.05, 3.63) is 58.9 Å². The van der Waals surface area contributed by atoms with E-state index < -0.39 is 5.82 Å². The Balaban J connectivity index is 2.16. The monoisotopic (exact) mass is 412 g/mol. The second-order valence-electron chi connectivity index (χ2n) is 6.55. The van der Waals surface area contributed by atoms with Crippen LogP contribution in [-0.2, 0) is 6.54 Å². The topological polar surface area (TPSA) is 78.7 Å². The molecular weight excluding hydrogens is 383 g/mol. The molecule has 2 aromatic carbocycles. The predicted molar refractivity (Wildman–Crippen MR) is 116 cm³/mol. The van der Waals surface area contributed by atoms with Crippen LogP contribution in [0, 0.1) is 17.1 Å². The smallest absolute Gasteiger partial charge is 0.192 e. The van der Waals surface area contributed by atoms with E-state index >= 15 is 0 Å². The average Bonchev–Trinajstić information content (AvgIpc) is 2.74. The van der Waals surface area contributed by atoms with Gasteiger partial charge in [0.2, 0.25) is 0 Å². The Bertz CT molecular complexity index is 909. The van der Waals surface area contributed by atoms with Gasteiger partial charge in [-0.05, 0) is 57.5 Å². The highest BCUT2D eigenvalue weighted by molar-refractivity contribution is 5.80. The Morgan fingerprint density at radius 3 is 2.47 bits per heavy atom. The summed E-state index contributed by atoms with van der Waals surface area (Å²) in [7, 11) is 0. The maximum Gasteiger partial charge on any atom is 0.192 e. The minimum atomic E-state index is -0.436. The summed E-state index contributed by atoms with van der Waals surface area (Å²) in [5, 5.41) is 15.4. The van der Waals surface area contributed by atoms with E-state index in [2.05, 4.69) is 15.6 Å². The molecular formula is C23H29FN4O2. The molecule has 0 heterocycles. The second-order valence-corrected chi connectivity index (χ2v) is 6.55. The van der Waals surface area contributed by atoms with Gasteiger partial charge in [0.05, 0.1) is 37.4 Å². The highest BCUT2D eigenvalue weighted by Crippen LogP contribution is 2.30.